The van der Waals surface area contributed by atoms with E-state index in [9.17, 15) is 4.79 Å². The molecule has 1 aromatic rings. The second kappa shape index (κ2) is 9.21. The summed E-state index contributed by atoms with van der Waals surface area (Å²) in [6.07, 6.45) is 2.96. The van der Waals surface area contributed by atoms with Crippen LogP contribution in [-0.4, -0.2) is 61.2 Å². The van der Waals surface area contributed by atoms with E-state index < -0.39 is 0 Å². The molecule has 26 heavy (non-hydrogen) atoms. The lowest BCUT2D eigenvalue weighted by molar-refractivity contribution is 0.203. The lowest BCUT2D eigenvalue weighted by Crippen LogP contribution is -2.40. The fourth-order valence-electron chi connectivity index (χ4n) is 3.66. The molecule has 1 fully saturated rings. The van der Waals surface area contributed by atoms with Gasteiger partial charge in [0.2, 0.25) is 0 Å². The Morgan fingerprint density at radius 2 is 2.19 bits per heavy atom. The summed E-state index contributed by atoms with van der Waals surface area (Å²) < 4.78 is 5.45. The largest absolute Gasteiger partial charge is 0.496 e. The van der Waals surface area contributed by atoms with Crippen LogP contribution in [0.1, 0.15) is 37.1 Å². The molecule has 1 atom stereocenters. The number of hydrogen-bond donors (Lipinski definition) is 1. The molecule has 0 bridgehead atoms. The second-order valence-corrected chi connectivity index (χ2v) is 7.90. The van der Waals surface area contributed by atoms with E-state index in [1.165, 1.54) is 0 Å². The van der Waals surface area contributed by atoms with Gasteiger partial charge in [-0.15, -0.1) is 0 Å². The number of pyridine rings is 1. The standard InChI is InChI=1S/C20H34N4O2/c1-14(2)11-24-8-7-17(12-24)10-22-20(25)23(5)13-18-16(4)19(26-6)15(3)9-21-18/h9,14,17H,7-8,10-13H2,1-6H3,(H,22,25). The molecule has 0 aliphatic carbocycles. The molecule has 2 rings (SSSR count). The molecule has 1 saturated heterocycles. The van der Waals surface area contributed by atoms with Crippen molar-refractivity contribution in [2.24, 2.45) is 11.8 Å². The van der Waals surface area contributed by atoms with Crippen LogP contribution in [0.2, 0.25) is 0 Å². The molecular formula is C20H34N4O2. The van der Waals surface area contributed by atoms with Gasteiger partial charge in [-0.2, -0.15) is 0 Å². The highest BCUT2D eigenvalue weighted by molar-refractivity contribution is 5.73. The average molecular weight is 363 g/mol. The van der Waals surface area contributed by atoms with Crippen molar-refractivity contribution >= 4 is 6.03 Å². The van der Waals surface area contributed by atoms with Gasteiger partial charge in [0.15, 0.2) is 0 Å². The van der Waals surface area contributed by atoms with E-state index >= 15 is 0 Å². The molecule has 6 heteroatoms. The number of likely N-dealkylation sites (tertiary alicyclic amines) is 1. The summed E-state index contributed by atoms with van der Waals surface area (Å²) >= 11 is 0. The molecule has 0 saturated carbocycles. The second-order valence-electron chi connectivity index (χ2n) is 7.90. The van der Waals surface area contributed by atoms with Crippen molar-refractivity contribution in [3.63, 3.8) is 0 Å². The number of hydrogen-bond acceptors (Lipinski definition) is 4. The number of nitrogens with one attached hydrogen (secondary N) is 1. The molecule has 0 spiro atoms. The van der Waals surface area contributed by atoms with E-state index in [0.29, 0.717) is 18.4 Å². The maximum atomic E-state index is 12.4. The zero-order chi connectivity index (χ0) is 19.3. The third-order valence-electron chi connectivity index (χ3n) is 5.02. The fraction of sp³-hybridized carbons (Fsp3) is 0.700. The molecule has 1 N–H and O–H groups in total. The van der Waals surface area contributed by atoms with Gasteiger partial charge in [0.05, 0.1) is 19.3 Å². The van der Waals surface area contributed by atoms with Gasteiger partial charge in [0, 0.05) is 44.0 Å². The summed E-state index contributed by atoms with van der Waals surface area (Å²) in [6, 6.07) is -0.0481. The summed E-state index contributed by atoms with van der Waals surface area (Å²) in [6.45, 7) is 13.0. The highest BCUT2D eigenvalue weighted by Gasteiger charge is 2.23. The number of aryl methyl sites for hydroxylation is 1. The molecule has 1 aliphatic heterocycles. The third kappa shape index (κ3) is 5.34. The minimum absolute atomic E-state index is 0.0481. The number of carbonyl (C=O) groups is 1. The van der Waals surface area contributed by atoms with Crippen LogP contribution in [0.4, 0.5) is 4.79 Å². The summed E-state index contributed by atoms with van der Waals surface area (Å²) in [4.78, 5) is 21.1. The Balaban J connectivity index is 1.83. The number of ether oxygens (including phenoxy) is 1. The first-order valence-corrected chi connectivity index (χ1v) is 9.52. The molecular weight excluding hydrogens is 328 g/mol. The van der Waals surface area contributed by atoms with Crippen LogP contribution in [0.5, 0.6) is 5.75 Å². The first-order valence-electron chi connectivity index (χ1n) is 9.52. The number of carbonyl (C=O) groups excluding carboxylic acids is 1. The number of methoxy groups -OCH3 is 1. The molecule has 6 nitrogen and oxygen atoms in total. The van der Waals surface area contributed by atoms with Crippen LogP contribution >= 0.6 is 0 Å². The fourth-order valence-corrected chi connectivity index (χ4v) is 3.66. The zero-order valence-corrected chi connectivity index (χ0v) is 17.1. The van der Waals surface area contributed by atoms with Crippen molar-refractivity contribution in [2.45, 2.75) is 40.7 Å². The topological polar surface area (TPSA) is 57.7 Å². The smallest absolute Gasteiger partial charge is 0.317 e. The maximum Gasteiger partial charge on any atom is 0.317 e. The quantitative estimate of drug-likeness (QED) is 0.810. The Morgan fingerprint density at radius 1 is 1.46 bits per heavy atom. The van der Waals surface area contributed by atoms with Gasteiger partial charge in [-0.3, -0.25) is 4.98 Å². The third-order valence-corrected chi connectivity index (χ3v) is 5.02. The Labute approximate surface area is 157 Å². The van der Waals surface area contributed by atoms with Gasteiger partial charge in [-0.1, -0.05) is 13.8 Å². The number of rotatable bonds is 7. The van der Waals surface area contributed by atoms with E-state index in [-0.39, 0.29) is 6.03 Å². The Hall–Kier alpha value is -1.82. The van der Waals surface area contributed by atoms with Crippen LogP contribution < -0.4 is 10.1 Å². The van der Waals surface area contributed by atoms with Crippen molar-refractivity contribution in [3.05, 3.63) is 23.0 Å². The van der Waals surface area contributed by atoms with Crippen LogP contribution in [0.25, 0.3) is 0 Å². The number of nitrogens with zero attached hydrogens (tertiary/aromatic N) is 3. The lowest BCUT2D eigenvalue weighted by Gasteiger charge is -2.21. The minimum atomic E-state index is -0.0481. The van der Waals surface area contributed by atoms with Crippen molar-refractivity contribution in [1.29, 1.82) is 0 Å². The van der Waals surface area contributed by atoms with Crippen LogP contribution in [-0.2, 0) is 6.54 Å². The first kappa shape index (κ1) is 20.5. The van der Waals surface area contributed by atoms with Gasteiger partial charge in [-0.25, -0.2) is 4.79 Å². The maximum absolute atomic E-state index is 12.4. The molecule has 2 heterocycles. The molecule has 1 aromatic heterocycles. The van der Waals surface area contributed by atoms with Crippen molar-refractivity contribution in [3.8, 4) is 5.75 Å². The van der Waals surface area contributed by atoms with Gasteiger partial charge in [0.25, 0.3) is 0 Å². The monoisotopic (exact) mass is 362 g/mol. The van der Waals surface area contributed by atoms with E-state index in [4.69, 9.17) is 4.74 Å². The summed E-state index contributed by atoms with van der Waals surface area (Å²) in [7, 11) is 3.47. The summed E-state index contributed by atoms with van der Waals surface area (Å²) in [5.74, 6) is 2.09. The van der Waals surface area contributed by atoms with Gasteiger partial charge in [-0.05, 0) is 38.6 Å². The van der Waals surface area contributed by atoms with Crippen LogP contribution in [0, 0.1) is 25.7 Å². The number of amides is 2. The van der Waals surface area contributed by atoms with Crippen molar-refractivity contribution < 1.29 is 9.53 Å². The highest BCUT2D eigenvalue weighted by atomic mass is 16.5. The molecule has 0 aromatic carbocycles. The van der Waals surface area contributed by atoms with E-state index in [0.717, 1.165) is 55.2 Å². The molecule has 146 valence electrons. The van der Waals surface area contributed by atoms with Crippen molar-refractivity contribution in [1.82, 2.24) is 20.1 Å². The molecule has 1 unspecified atom stereocenters. The van der Waals surface area contributed by atoms with E-state index in [1.54, 1.807) is 18.2 Å². The van der Waals surface area contributed by atoms with Gasteiger partial charge >= 0.3 is 6.03 Å². The average Bonchev–Trinajstić information content (AvgIpc) is 3.02. The Morgan fingerprint density at radius 3 is 2.85 bits per heavy atom. The first-order chi connectivity index (χ1) is 12.3. The number of aromatic nitrogens is 1. The molecule has 2 amide bonds. The predicted octanol–water partition coefficient (Wildman–Crippen LogP) is 2.83. The van der Waals surface area contributed by atoms with E-state index in [2.05, 4.69) is 29.0 Å². The SMILES string of the molecule is COc1c(C)cnc(CN(C)C(=O)NCC2CCN(CC(C)C)C2)c1C. The highest BCUT2D eigenvalue weighted by Crippen LogP contribution is 2.24. The van der Waals surface area contributed by atoms with Crippen molar-refractivity contribution in [2.75, 3.05) is 40.3 Å². The normalized spacial score (nSPS) is 17.6. The predicted molar refractivity (Wildman–Crippen MR) is 105 cm³/mol. The van der Waals surface area contributed by atoms with Gasteiger partial charge < -0.3 is 19.9 Å². The zero-order valence-electron chi connectivity index (χ0n) is 17.1. The summed E-state index contributed by atoms with van der Waals surface area (Å²) in [5.41, 5.74) is 2.87. The Bertz CT molecular complexity index is 618. The van der Waals surface area contributed by atoms with Gasteiger partial charge in [0.1, 0.15) is 5.75 Å². The lowest BCUT2D eigenvalue weighted by atomic mass is 10.1. The number of urea groups is 1. The Kier molecular flexibility index (Phi) is 7.26. The van der Waals surface area contributed by atoms with Crippen LogP contribution in [0.3, 0.4) is 0 Å². The van der Waals surface area contributed by atoms with Crippen LogP contribution in [0.15, 0.2) is 6.20 Å². The van der Waals surface area contributed by atoms with E-state index in [1.807, 2.05) is 20.9 Å². The summed E-state index contributed by atoms with van der Waals surface area (Å²) in [5, 5.41) is 3.08. The molecule has 0 radical (unpaired) electrons. The molecule has 1 aliphatic rings. The minimum Gasteiger partial charge on any atom is -0.496 e.